The van der Waals surface area contributed by atoms with Crippen molar-refractivity contribution in [3.05, 3.63) is 42.5 Å². The van der Waals surface area contributed by atoms with Crippen LogP contribution in [0.1, 0.15) is 13.8 Å². The van der Waals surface area contributed by atoms with Gasteiger partial charge in [0, 0.05) is 12.2 Å². The lowest BCUT2D eigenvalue weighted by atomic mass is 10.3. The molecule has 0 aromatic heterocycles. The molecule has 0 aliphatic heterocycles. The van der Waals surface area contributed by atoms with Crippen LogP contribution in [0.3, 0.4) is 0 Å². The number of ether oxygens (including phenoxy) is 3. The van der Waals surface area contributed by atoms with E-state index in [1.54, 1.807) is 44.2 Å². The molecule has 1 rings (SSSR count). The maximum Gasteiger partial charge on any atom is 0.412 e. The van der Waals surface area contributed by atoms with E-state index in [9.17, 15) is 14.4 Å². The van der Waals surface area contributed by atoms with Crippen LogP contribution in [-0.4, -0.2) is 37.3 Å². The fraction of sp³-hybridized carbons (Fsp3) is 0.312. The molecule has 0 fully saturated rings. The van der Waals surface area contributed by atoms with Gasteiger partial charge in [-0.1, -0.05) is 18.2 Å². The molecule has 124 valence electrons. The lowest BCUT2D eigenvalue weighted by molar-refractivity contribution is -0.140. The molecular formula is C16H19NO6. The van der Waals surface area contributed by atoms with Crippen LogP contribution < -0.4 is 10.1 Å². The van der Waals surface area contributed by atoms with Crippen LogP contribution in [0.25, 0.3) is 0 Å². The van der Waals surface area contributed by atoms with E-state index in [2.05, 4.69) is 10.1 Å². The highest BCUT2D eigenvalue weighted by molar-refractivity contribution is 5.91. The Bertz CT molecular complexity index is 555. The second kappa shape index (κ2) is 9.99. The maximum atomic E-state index is 11.6. The van der Waals surface area contributed by atoms with Gasteiger partial charge in [0.2, 0.25) is 0 Å². The second-order valence-corrected chi connectivity index (χ2v) is 4.46. The second-order valence-electron chi connectivity index (χ2n) is 4.46. The summed E-state index contributed by atoms with van der Waals surface area (Å²) in [6.45, 7) is 3.47. The zero-order valence-corrected chi connectivity index (χ0v) is 13.0. The van der Waals surface area contributed by atoms with Gasteiger partial charge in [-0.15, -0.1) is 0 Å². The molecule has 0 bridgehead atoms. The molecule has 0 aliphatic carbocycles. The van der Waals surface area contributed by atoms with Gasteiger partial charge in [-0.25, -0.2) is 14.4 Å². The fourth-order valence-corrected chi connectivity index (χ4v) is 1.45. The van der Waals surface area contributed by atoms with Crippen molar-refractivity contribution in [3.8, 4) is 5.75 Å². The predicted octanol–water partition coefficient (Wildman–Crippen LogP) is 1.83. The molecule has 7 nitrogen and oxygen atoms in total. The molecule has 1 aromatic carbocycles. The highest BCUT2D eigenvalue weighted by Gasteiger charge is 2.11. The summed E-state index contributed by atoms with van der Waals surface area (Å²) in [6.07, 6.45) is 1.29. The number of hydrogen-bond acceptors (Lipinski definition) is 6. The Kier molecular flexibility index (Phi) is 7.91. The van der Waals surface area contributed by atoms with Crippen LogP contribution in [0.4, 0.5) is 4.79 Å². The third kappa shape index (κ3) is 8.25. The lowest BCUT2D eigenvalue weighted by Crippen LogP contribution is -2.38. The number of esters is 2. The van der Waals surface area contributed by atoms with Crippen molar-refractivity contribution in [2.75, 3.05) is 13.2 Å². The van der Waals surface area contributed by atoms with Gasteiger partial charge < -0.3 is 19.5 Å². The minimum atomic E-state index is -0.705. The summed E-state index contributed by atoms with van der Waals surface area (Å²) < 4.78 is 14.5. The van der Waals surface area contributed by atoms with E-state index in [1.165, 1.54) is 0 Å². The Morgan fingerprint density at radius 3 is 2.30 bits per heavy atom. The van der Waals surface area contributed by atoms with Gasteiger partial charge >= 0.3 is 18.0 Å². The van der Waals surface area contributed by atoms with Crippen LogP contribution in [-0.2, 0) is 19.1 Å². The number of benzene rings is 1. The Morgan fingerprint density at radius 1 is 1.09 bits per heavy atom. The van der Waals surface area contributed by atoms with Gasteiger partial charge in [-0.2, -0.15) is 0 Å². The summed E-state index contributed by atoms with van der Waals surface area (Å²) in [5, 5.41) is 2.51. The van der Waals surface area contributed by atoms with Gasteiger partial charge in [0.15, 0.2) is 0 Å². The molecule has 0 heterocycles. The number of nitrogens with one attached hydrogen (secondary N) is 1. The van der Waals surface area contributed by atoms with Gasteiger partial charge in [0.05, 0.1) is 12.6 Å². The number of amides is 1. The van der Waals surface area contributed by atoms with Crippen LogP contribution in [0, 0.1) is 0 Å². The molecule has 0 radical (unpaired) electrons. The van der Waals surface area contributed by atoms with Crippen molar-refractivity contribution in [2.24, 2.45) is 0 Å². The van der Waals surface area contributed by atoms with E-state index in [0.29, 0.717) is 5.75 Å². The van der Waals surface area contributed by atoms with Crippen molar-refractivity contribution in [1.82, 2.24) is 5.32 Å². The van der Waals surface area contributed by atoms with Gasteiger partial charge in [-0.3, -0.25) is 0 Å². The molecule has 0 spiro atoms. The Hall–Kier alpha value is -2.83. The fourth-order valence-electron chi connectivity index (χ4n) is 1.45. The first kappa shape index (κ1) is 18.2. The predicted molar refractivity (Wildman–Crippen MR) is 81.8 cm³/mol. The molecule has 0 aliphatic rings. The van der Waals surface area contributed by atoms with E-state index in [4.69, 9.17) is 9.47 Å². The first-order chi connectivity index (χ1) is 11.0. The summed E-state index contributed by atoms with van der Waals surface area (Å²) in [5.74, 6) is -0.920. The van der Waals surface area contributed by atoms with Crippen LogP contribution in [0.5, 0.6) is 5.75 Å². The summed E-state index contributed by atoms with van der Waals surface area (Å²) in [6, 6.07) is 8.12. The van der Waals surface area contributed by atoms with Crippen molar-refractivity contribution in [1.29, 1.82) is 0 Å². The molecular weight excluding hydrogens is 302 g/mol. The van der Waals surface area contributed by atoms with E-state index in [0.717, 1.165) is 12.2 Å². The van der Waals surface area contributed by atoms with Crippen molar-refractivity contribution in [3.63, 3.8) is 0 Å². The standard InChI is InChI=1S/C16H19NO6/c1-3-21-14(18)9-10-15(19)22-11-12(2)17-16(20)23-13-7-5-4-6-8-13/h4-10,12H,3,11H2,1-2H3,(H,17,20)/b10-9+/t12-/m1/s1. The summed E-state index contributed by atoms with van der Waals surface area (Å²) >= 11 is 0. The summed E-state index contributed by atoms with van der Waals surface area (Å²) in [7, 11) is 0. The van der Waals surface area contributed by atoms with Crippen LogP contribution in [0.2, 0.25) is 0 Å². The number of para-hydroxylation sites is 1. The van der Waals surface area contributed by atoms with Crippen LogP contribution in [0.15, 0.2) is 42.5 Å². The Balaban J connectivity index is 2.28. The monoisotopic (exact) mass is 321 g/mol. The van der Waals surface area contributed by atoms with Crippen LogP contribution >= 0.6 is 0 Å². The number of carbonyl (C=O) groups excluding carboxylic acids is 3. The lowest BCUT2D eigenvalue weighted by Gasteiger charge is -2.13. The number of rotatable bonds is 7. The smallest absolute Gasteiger partial charge is 0.412 e. The largest absolute Gasteiger partial charge is 0.463 e. The van der Waals surface area contributed by atoms with Gasteiger partial charge in [0.25, 0.3) is 0 Å². The Morgan fingerprint density at radius 2 is 1.70 bits per heavy atom. The highest BCUT2D eigenvalue weighted by Crippen LogP contribution is 2.08. The van der Waals surface area contributed by atoms with Crippen molar-refractivity contribution < 1.29 is 28.6 Å². The summed E-state index contributed by atoms with van der Waals surface area (Å²) in [4.78, 5) is 34.0. The average Bonchev–Trinajstić information content (AvgIpc) is 2.52. The zero-order chi connectivity index (χ0) is 17.1. The van der Waals surface area contributed by atoms with E-state index in [1.807, 2.05) is 0 Å². The quantitative estimate of drug-likeness (QED) is 0.608. The minimum absolute atomic E-state index is 0.0596. The number of carbonyl (C=O) groups is 3. The van der Waals surface area contributed by atoms with Crippen molar-refractivity contribution >= 4 is 18.0 Å². The average molecular weight is 321 g/mol. The third-order valence-electron chi connectivity index (χ3n) is 2.44. The zero-order valence-electron chi connectivity index (χ0n) is 13.0. The SMILES string of the molecule is CCOC(=O)/C=C/C(=O)OC[C@@H](C)NC(=O)Oc1ccccc1. The minimum Gasteiger partial charge on any atom is -0.463 e. The van der Waals surface area contributed by atoms with Gasteiger partial charge in [0.1, 0.15) is 12.4 Å². The normalized spacial score (nSPS) is 11.6. The molecule has 23 heavy (non-hydrogen) atoms. The Labute approximate surface area is 134 Å². The molecule has 0 unspecified atom stereocenters. The molecule has 1 aromatic rings. The maximum absolute atomic E-state index is 11.6. The molecule has 1 N–H and O–H groups in total. The topological polar surface area (TPSA) is 90.9 Å². The first-order valence-corrected chi connectivity index (χ1v) is 7.06. The summed E-state index contributed by atoms with van der Waals surface area (Å²) in [5.41, 5.74) is 0. The van der Waals surface area contributed by atoms with E-state index in [-0.39, 0.29) is 13.2 Å². The molecule has 0 saturated heterocycles. The molecule has 0 saturated carbocycles. The van der Waals surface area contributed by atoms with Gasteiger partial charge in [-0.05, 0) is 26.0 Å². The molecule has 1 amide bonds. The molecule has 1 atom stereocenters. The first-order valence-electron chi connectivity index (χ1n) is 7.06. The number of hydrogen-bond donors (Lipinski definition) is 1. The van der Waals surface area contributed by atoms with E-state index >= 15 is 0 Å². The van der Waals surface area contributed by atoms with Crippen molar-refractivity contribution in [2.45, 2.75) is 19.9 Å². The van der Waals surface area contributed by atoms with E-state index < -0.39 is 24.1 Å². The third-order valence-corrected chi connectivity index (χ3v) is 2.44. The highest BCUT2D eigenvalue weighted by atomic mass is 16.6. The molecule has 7 heteroatoms.